The molecule has 0 aliphatic carbocycles. The Labute approximate surface area is 161 Å². The number of rotatable bonds is 5. The van der Waals surface area contributed by atoms with Crippen molar-refractivity contribution in [1.82, 2.24) is 0 Å². The van der Waals surface area contributed by atoms with Crippen molar-refractivity contribution in [2.24, 2.45) is 5.16 Å². The number of ether oxygens (including phenoxy) is 1. The van der Waals surface area contributed by atoms with Gasteiger partial charge in [-0.15, -0.1) is 0 Å². The summed E-state index contributed by atoms with van der Waals surface area (Å²) in [7, 11) is 0. The molecule has 0 bridgehead atoms. The molecule has 1 aliphatic heterocycles. The molecule has 0 saturated carbocycles. The largest absolute Gasteiger partial charge is 0.433 e. The van der Waals surface area contributed by atoms with Gasteiger partial charge in [-0.2, -0.15) is 8.78 Å². The van der Waals surface area contributed by atoms with E-state index in [0.717, 1.165) is 0 Å². The number of nitrogens with zero attached hydrogens (tertiary/aromatic N) is 1. The third kappa shape index (κ3) is 4.45. The van der Waals surface area contributed by atoms with E-state index < -0.39 is 24.4 Å². The van der Waals surface area contributed by atoms with E-state index in [4.69, 9.17) is 28.0 Å². The highest BCUT2D eigenvalue weighted by molar-refractivity contribution is 6.34. The fourth-order valence-electron chi connectivity index (χ4n) is 2.43. The number of carbonyl (C=O) groups is 1. The minimum Gasteiger partial charge on any atom is -0.433 e. The van der Waals surface area contributed by atoms with Crippen molar-refractivity contribution in [2.45, 2.75) is 19.1 Å². The normalized spacial score (nSPS) is 16.1. The highest BCUT2D eigenvalue weighted by atomic mass is 35.5. The van der Waals surface area contributed by atoms with Crippen LogP contribution in [-0.4, -0.2) is 24.3 Å². The second-order valence-electron chi connectivity index (χ2n) is 5.45. The van der Waals surface area contributed by atoms with Gasteiger partial charge in [-0.3, -0.25) is 4.79 Å². The Hall–Kier alpha value is -2.45. The van der Waals surface area contributed by atoms with Gasteiger partial charge in [0.25, 0.3) is 5.91 Å². The number of carbonyl (C=O) groups excluding carboxylic acids is 1. The monoisotopic (exact) mass is 418 g/mol. The molecular weight excluding hydrogens is 408 g/mol. The van der Waals surface area contributed by atoms with Crippen LogP contribution in [0.3, 0.4) is 0 Å². The summed E-state index contributed by atoms with van der Waals surface area (Å²) in [4.78, 5) is 17.4. The average molecular weight is 419 g/mol. The average Bonchev–Trinajstić information content (AvgIpc) is 3.06. The molecular formula is C17H11Cl2F3N2O3. The zero-order valence-corrected chi connectivity index (χ0v) is 14.9. The fraction of sp³-hybridized carbons (Fsp3) is 0.176. The number of anilines is 1. The Balaban J connectivity index is 1.66. The Morgan fingerprint density at radius 3 is 2.70 bits per heavy atom. The minimum absolute atomic E-state index is 0.00674. The van der Waals surface area contributed by atoms with Gasteiger partial charge in [0.1, 0.15) is 11.6 Å². The third-order valence-electron chi connectivity index (χ3n) is 3.63. The first-order valence-corrected chi connectivity index (χ1v) is 8.33. The fourth-order valence-corrected chi connectivity index (χ4v) is 2.93. The zero-order valence-electron chi connectivity index (χ0n) is 13.4. The molecule has 0 spiro atoms. The molecule has 0 fully saturated rings. The van der Waals surface area contributed by atoms with Crippen LogP contribution in [0.1, 0.15) is 12.0 Å². The SMILES string of the molecule is O=C(Nc1ccc(OC(F)F)c(Cl)c1)C1CC(c2c(F)cccc2Cl)=NO1. The van der Waals surface area contributed by atoms with Crippen molar-refractivity contribution < 1.29 is 27.5 Å². The molecule has 3 rings (SSSR count). The van der Waals surface area contributed by atoms with Crippen LogP contribution in [0.25, 0.3) is 0 Å². The number of alkyl halides is 2. The van der Waals surface area contributed by atoms with E-state index >= 15 is 0 Å². The van der Waals surface area contributed by atoms with E-state index in [2.05, 4.69) is 15.2 Å². The summed E-state index contributed by atoms with van der Waals surface area (Å²) in [6.45, 7) is -3.02. The van der Waals surface area contributed by atoms with Crippen LogP contribution in [0.15, 0.2) is 41.6 Å². The van der Waals surface area contributed by atoms with Crippen LogP contribution < -0.4 is 10.1 Å². The summed E-state index contributed by atoms with van der Waals surface area (Å²) >= 11 is 11.8. The molecule has 27 heavy (non-hydrogen) atoms. The lowest BCUT2D eigenvalue weighted by atomic mass is 10.0. The number of oxime groups is 1. The van der Waals surface area contributed by atoms with E-state index in [0.29, 0.717) is 0 Å². The van der Waals surface area contributed by atoms with Gasteiger partial charge in [0, 0.05) is 12.1 Å². The third-order valence-corrected chi connectivity index (χ3v) is 4.24. The standard InChI is InChI=1S/C17H11Cl2F3N2O3/c18-9-2-1-3-11(20)15(9)12-7-14(27-24-12)16(25)23-8-4-5-13(10(19)6-8)26-17(21)22/h1-6,14,17H,7H2,(H,23,25). The molecule has 1 aliphatic rings. The summed E-state index contributed by atoms with van der Waals surface area (Å²) in [5, 5.41) is 6.30. The summed E-state index contributed by atoms with van der Waals surface area (Å²) in [6.07, 6.45) is -1.00. The van der Waals surface area contributed by atoms with Crippen molar-refractivity contribution in [3.63, 3.8) is 0 Å². The van der Waals surface area contributed by atoms with Crippen molar-refractivity contribution in [1.29, 1.82) is 0 Å². The number of nitrogens with one attached hydrogen (secondary N) is 1. The summed E-state index contributed by atoms with van der Waals surface area (Å²) in [5.74, 6) is -1.37. The Kier molecular flexibility index (Phi) is 5.76. The molecule has 2 aromatic carbocycles. The molecule has 5 nitrogen and oxygen atoms in total. The topological polar surface area (TPSA) is 59.9 Å². The van der Waals surface area contributed by atoms with Crippen molar-refractivity contribution >= 4 is 40.5 Å². The van der Waals surface area contributed by atoms with Crippen LogP contribution in [-0.2, 0) is 9.63 Å². The first-order valence-electron chi connectivity index (χ1n) is 7.57. The van der Waals surface area contributed by atoms with Crippen LogP contribution in [0.4, 0.5) is 18.9 Å². The van der Waals surface area contributed by atoms with Crippen molar-refractivity contribution in [3.8, 4) is 5.75 Å². The lowest BCUT2D eigenvalue weighted by Gasteiger charge is -2.12. The lowest BCUT2D eigenvalue weighted by Crippen LogP contribution is -2.28. The second kappa shape index (κ2) is 8.06. The number of benzene rings is 2. The van der Waals surface area contributed by atoms with Crippen LogP contribution in [0, 0.1) is 5.82 Å². The Bertz CT molecular complexity index is 889. The van der Waals surface area contributed by atoms with Gasteiger partial charge in [-0.25, -0.2) is 4.39 Å². The van der Waals surface area contributed by atoms with Gasteiger partial charge in [0.15, 0.2) is 0 Å². The van der Waals surface area contributed by atoms with Crippen LogP contribution >= 0.6 is 23.2 Å². The van der Waals surface area contributed by atoms with Gasteiger partial charge >= 0.3 is 6.61 Å². The molecule has 0 aromatic heterocycles. The predicted molar refractivity (Wildman–Crippen MR) is 94.2 cm³/mol. The maximum Gasteiger partial charge on any atom is 0.387 e. The second-order valence-corrected chi connectivity index (χ2v) is 6.26. The van der Waals surface area contributed by atoms with Crippen LogP contribution in [0.2, 0.25) is 10.0 Å². The molecule has 10 heteroatoms. The first-order chi connectivity index (χ1) is 12.8. The summed E-state index contributed by atoms with van der Waals surface area (Å²) in [6, 6.07) is 7.96. The smallest absolute Gasteiger partial charge is 0.387 e. The summed E-state index contributed by atoms with van der Waals surface area (Å²) < 4.78 is 42.6. The number of hydrogen-bond acceptors (Lipinski definition) is 4. The van der Waals surface area contributed by atoms with Crippen LogP contribution in [0.5, 0.6) is 5.75 Å². The Morgan fingerprint density at radius 2 is 2.04 bits per heavy atom. The molecule has 1 N–H and O–H groups in total. The zero-order chi connectivity index (χ0) is 19.6. The van der Waals surface area contributed by atoms with E-state index in [1.165, 1.54) is 36.4 Å². The van der Waals surface area contributed by atoms with Gasteiger partial charge in [0.05, 0.1) is 21.3 Å². The summed E-state index contributed by atoms with van der Waals surface area (Å²) in [5.41, 5.74) is 0.524. The molecule has 142 valence electrons. The van der Waals surface area contributed by atoms with Gasteiger partial charge < -0.3 is 14.9 Å². The molecule has 0 saturated heterocycles. The van der Waals surface area contributed by atoms with E-state index in [-0.39, 0.29) is 39.2 Å². The lowest BCUT2D eigenvalue weighted by molar-refractivity contribution is -0.125. The molecule has 0 radical (unpaired) electrons. The number of halogens is 5. The molecule has 1 heterocycles. The molecule has 1 atom stereocenters. The van der Waals surface area contributed by atoms with Gasteiger partial charge in [0.2, 0.25) is 6.10 Å². The maximum absolute atomic E-state index is 13.9. The molecule has 1 amide bonds. The Morgan fingerprint density at radius 1 is 1.26 bits per heavy atom. The number of hydrogen-bond donors (Lipinski definition) is 1. The number of amides is 1. The first kappa shape index (κ1) is 19.3. The quantitative estimate of drug-likeness (QED) is 0.753. The minimum atomic E-state index is -3.02. The van der Waals surface area contributed by atoms with E-state index in [1.54, 1.807) is 0 Å². The predicted octanol–water partition coefficient (Wildman–Crippen LogP) is 4.87. The highest BCUT2D eigenvalue weighted by Gasteiger charge is 2.31. The van der Waals surface area contributed by atoms with Crippen molar-refractivity contribution in [3.05, 3.63) is 57.8 Å². The molecule has 2 aromatic rings. The van der Waals surface area contributed by atoms with E-state index in [9.17, 15) is 18.0 Å². The maximum atomic E-state index is 13.9. The van der Waals surface area contributed by atoms with Gasteiger partial charge in [-0.1, -0.05) is 34.4 Å². The highest BCUT2D eigenvalue weighted by Crippen LogP contribution is 2.30. The van der Waals surface area contributed by atoms with Crippen molar-refractivity contribution in [2.75, 3.05) is 5.32 Å². The van der Waals surface area contributed by atoms with Gasteiger partial charge in [-0.05, 0) is 30.3 Å². The van der Waals surface area contributed by atoms with E-state index in [1.807, 2.05) is 0 Å². The molecule has 1 unspecified atom stereocenters.